The molecule has 0 aliphatic carbocycles. The van der Waals surface area contributed by atoms with Gasteiger partial charge in [0, 0.05) is 12.1 Å². The Morgan fingerprint density at radius 1 is 1.39 bits per heavy atom. The largest absolute Gasteiger partial charge is 0.465 e. The van der Waals surface area contributed by atoms with Crippen LogP contribution in [0.3, 0.4) is 0 Å². The molecule has 0 saturated heterocycles. The highest BCUT2D eigenvalue weighted by atomic mass is 32.2. The highest BCUT2D eigenvalue weighted by molar-refractivity contribution is 7.99. The van der Waals surface area contributed by atoms with E-state index in [0.29, 0.717) is 6.61 Å². The van der Waals surface area contributed by atoms with Crippen molar-refractivity contribution >= 4 is 23.5 Å². The number of hydrogen-bond acceptors (Lipinski definition) is 6. The molecule has 0 bridgehead atoms. The fourth-order valence-corrected chi connectivity index (χ4v) is 2.36. The van der Waals surface area contributed by atoms with Gasteiger partial charge in [-0.2, -0.15) is 0 Å². The molecule has 0 aliphatic rings. The number of anilines is 1. The Kier molecular flexibility index (Phi) is 6.49. The van der Waals surface area contributed by atoms with Crippen LogP contribution in [0.25, 0.3) is 0 Å². The third-order valence-corrected chi connectivity index (χ3v) is 3.24. The molecule has 0 fully saturated rings. The van der Waals surface area contributed by atoms with Crippen molar-refractivity contribution in [3.63, 3.8) is 0 Å². The predicted molar refractivity (Wildman–Crippen MR) is 72.9 cm³/mol. The van der Waals surface area contributed by atoms with Gasteiger partial charge in [-0.1, -0.05) is 18.7 Å². The number of aromatic nitrogens is 2. The van der Waals surface area contributed by atoms with E-state index in [1.54, 1.807) is 6.92 Å². The van der Waals surface area contributed by atoms with Crippen LogP contribution in [0.1, 0.15) is 26.3 Å². The van der Waals surface area contributed by atoms with Crippen LogP contribution in [0.15, 0.2) is 11.4 Å². The number of carbonyl (C=O) groups excluding carboxylic acids is 1. The molecule has 1 aromatic heterocycles. The Balaban J connectivity index is 2.75. The van der Waals surface area contributed by atoms with Crippen molar-refractivity contribution in [1.29, 1.82) is 0 Å². The molecule has 1 N–H and O–H groups in total. The molecule has 18 heavy (non-hydrogen) atoms. The van der Waals surface area contributed by atoms with Gasteiger partial charge in [0.05, 0.1) is 12.4 Å². The van der Waals surface area contributed by atoms with Gasteiger partial charge in [0.2, 0.25) is 0 Å². The van der Waals surface area contributed by atoms with E-state index < -0.39 is 0 Å². The standard InChI is InChI=1S/C12H19N3O2S/c1-4-9-11(13-5-2)14-8-15-12(9)18-7-10(16)17-6-3/h8H,4-7H2,1-3H3,(H,13,14,15). The van der Waals surface area contributed by atoms with Gasteiger partial charge in [-0.05, 0) is 20.3 Å². The molecule has 1 aromatic rings. The van der Waals surface area contributed by atoms with Crippen molar-refractivity contribution in [3.05, 3.63) is 11.9 Å². The summed E-state index contributed by atoms with van der Waals surface area (Å²) in [5.41, 5.74) is 1.05. The number of nitrogens with one attached hydrogen (secondary N) is 1. The van der Waals surface area contributed by atoms with E-state index in [0.717, 1.165) is 29.4 Å². The lowest BCUT2D eigenvalue weighted by atomic mass is 10.2. The van der Waals surface area contributed by atoms with Crippen molar-refractivity contribution < 1.29 is 9.53 Å². The quantitative estimate of drug-likeness (QED) is 0.465. The summed E-state index contributed by atoms with van der Waals surface area (Å²) in [6, 6.07) is 0. The smallest absolute Gasteiger partial charge is 0.316 e. The Morgan fingerprint density at radius 3 is 2.78 bits per heavy atom. The molecule has 100 valence electrons. The van der Waals surface area contributed by atoms with E-state index in [1.165, 1.54) is 18.1 Å². The van der Waals surface area contributed by atoms with E-state index in [9.17, 15) is 4.79 Å². The highest BCUT2D eigenvalue weighted by Crippen LogP contribution is 2.25. The summed E-state index contributed by atoms with van der Waals surface area (Å²) < 4.78 is 4.90. The van der Waals surface area contributed by atoms with E-state index in [1.807, 2.05) is 13.8 Å². The van der Waals surface area contributed by atoms with Gasteiger partial charge in [0.15, 0.2) is 0 Å². The van der Waals surface area contributed by atoms with Crippen molar-refractivity contribution in [1.82, 2.24) is 9.97 Å². The van der Waals surface area contributed by atoms with Crippen molar-refractivity contribution in [3.8, 4) is 0 Å². The number of ether oxygens (including phenoxy) is 1. The first-order chi connectivity index (χ1) is 8.72. The fraction of sp³-hybridized carbons (Fsp3) is 0.583. The third kappa shape index (κ3) is 4.18. The maximum absolute atomic E-state index is 11.3. The maximum atomic E-state index is 11.3. The molecule has 0 spiro atoms. The van der Waals surface area contributed by atoms with Gasteiger partial charge in [-0.3, -0.25) is 4.79 Å². The molecule has 0 radical (unpaired) electrons. The zero-order valence-electron chi connectivity index (χ0n) is 11.0. The second-order valence-electron chi connectivity index (χ2n) is 3.48. The summed E-state index contributed by atoms with van der Waals surface area (Å²) in [6.07, 6.45) is 2.35. The van der Waals surface area contributed by atoms with Crippen molar-refractivity contribution in [2.75, 3.05) is 24.2 Å². The minimum atomic E-state index is -0.215. The first-order valence-electron chi connectivity index (χ1n) is 6.09. The average molecular weight is 269 g/mol. The molecular weight excluding hydrogens is 250 g/mol. The maximum Gasteiger partial charge on any atom is 0.316 e. The summed E-state index contributed by atoms with van der Waals surface area (Å²) in [6.45, 7) is 7.09. The molecule has 0 aliphatic heterocycles. The van der Waals surface area contributed by atoms with Gasteiger partial charge in [-0.15, -0.1) is 0 Å². The van der Waals surface area contributed by atoms with Crippen LogP contribution >= 0.6 is 11.8 Å². The van der Waals surface area contributed by atoms with Crippen LogP contribution < -0.4 is 5.32 Å². The van der Waals surface area contributed by atoms with Crippen LogP contribution in [0.2, 0.25) is 0 Å². The second kappa shape index (κ2) is 7.92. The number of thioether (sulfide) groups is 1. The molecule has 0 saturated carbocycles. The molecular formula is C12H19N3O2S. The molecule has 0 atom stereocenters. The number of carbonyl (C=O) groups is 1. The molecule has 0 aromatic carbocycles. The minimum absolute atomic E-state index is 0.215. The Morgan fingerprint density at radius 2 is 2.17 bits per heavy atom. The van der Waals surface area contributed by atoms with E-state index in [2.05, 4.69) is 15.3 Å². The normalized spacial score (nSPS) is 10.2. The average Bonchev–Trinajstić information content (AvgIpc) is 2.37. The summed E-state index contributed by atoms with van der Waals surface area (Å²) in [7, 11) is 0. The summed E-state index contributed by atoms with van der Waals surface area (Å²) in [5.74, 6) is 0.915. The van der Waals surface area contributed by atoms with Gasteiger partial charge >= 0.3 is 5.97 Å². The number of nitrogens with zero attached hydrogens (tertiary/aromatic N) is 2. The third-order valence-electron chi connectivity index (χ3n) is 2.24. The van der Waals surface area contributed by atoms with Gasteiger partial charge in [0.1, 0.15) is 17.2 Å². The SMILES string of the molecule is CCNc1ncnc(SCC(=O)OCC)c1CC. The first-order valence-corrected chi connectivity index (χ1v) is 7.07. The first kappa shape index (κ1) is 14.8. The highest BCUT2D eigenvalue weighted by Gasteiger charge is 2.11. The van der Waals surface area contributed by atoms with Crippen molar-refractivity contribution in [2.24, 2.45) is 0 Å². The molecule has 6 heteroatoms. The van der Waals surface area contributed by atoms with Gasteiger partial charge < -0.3 is 10.1 Å². The van der Waals surface area contributed by atoms with Crippen LogP contribution in [-0.2, 0) is 16.0 Å². The lowest BCUT2D eigenvalue weighted by molar-refractivity contribution is -0.139. The van der Waals surface area contributed by atoms with E-state index in [-0.39, 0.29) is 11.7 Å². The molecule has 1 rings (SSSR count). The zero-order valence-corrected chi connectivity index (χ0v) is 11.8. The van der Waals surface area contributed by atoms with Gasteiger partial charge in [-0.25, -0.2) is 9.97 Å². The lowest BCUT2D eigenvalue weighted by Crippen LogP contribution is -2.09. The Bertz CT molecular complexity index is 399. The molecule has 0 amide bonds. The predicted octanol–water partition coefficient (Wildman–Crippen LogP) is 2.13. The Labute approximate surface area is 112 Å². The summed E-state index contributed by atoms with van der Waals surface area (Å²) in [5, 5.41) is 4.04. The van der Waals surface area contributed by atoms with Crippen LogP contribution in [0.4, 0.5) is 5.82 Å². The zero-order chi connectivity index (χ0) is 13.4. The minimum Gasteiger partial charge on any atom is -0.465 e. The van der Waals surface area contributed by atoms with Crippen LogP contribution in [0, 0.1) is 0 Å². The monoisotopic (exact) mass is 269 g/mol. The number of hydrogen-bond donors (Lipinski definition) is 1. The van der Waals surface area contributed by atoms with Crippen molar-refractivity contribution in [2.45, 2.75) is 32.2 Å². The molecule has 1 heterocycles. The summed E-state index contributed by atoms with van der Waals surface area (Å²) in [4.78, 5) is 19.8. The number of esters is 1. The lowest BCUT2D eigenvalue weighted by Gasteiger charge is -2.11. The topological polar surface area (TPSA) is 64.1 Å². The summed E-state index contributed by atoms with van der Waals surface area (Å²) >= 11 is 1.39. The van der Waals surface area contributed by atoms with Crippen LogP contribution in [-0.4, -0.2) is 34.8 Å². The molecule has 0 unspecified atom stereocenters. The molecule has 5 nitrogen and oxygen atoms in total. The van der Waals surface area contributed by atoms with E-state index >= 15 is 0 Å². The van der Waals surface area contributed by atoms with Crippen LogP contribution in [0.5, 0.6) is 0 Å². The second-order valence-corrected chi connectivity index (χ2v) is 4.45. The van der Waals surface area contributed by atoms with E-state index in [4.69, 9.17) is 4.74 Å². The number of rotatable bonds is 7. The Hall–Kier alpha value is -1.30. The fourth-order valence-electron chi connectivity index (χ4n) is 1.49. The van der Waals surface area contributed by atoms with Gasteiger partial charge in [0.25, 0.3) is 0 Å².